The fraction of sp³-hybridized carbons (Fsp3) is 0. The van der Waals surface area contributed by atoms with E-state index in [1.165, 1.54) is 30.4 Å². The van der Waals surface area contributed by atoms with E-state index < -0.39 is 27.8 Å². The van der Waals surface area contributed by atoms with Crippen molar-refractivity contribution in [2.75, 3.05) is 0 Å². The Labute approximate surface area is 133 Å². The molecule has 8 heteroatoms. The van der Waals surface area contributed by atoms with Crippen molar-refractivity contribution in [2.24, 2.45) is 0 Å². The zero-order valence-corrected chi connectivity index (χ0v) is 12.1. The molecule has 0 fully saturated rings. The second-order valence-corrected chi connectivity index (χ2v) is 4.86. The van der Waals surface area contributed by atoms with Crippen LogP contribution in [0.5, 0.6) is 0 Å². The number of hydrogen-bond donors (Lipinski definition) is 2. The summed E-state index contributed by atoms with van der Waals surface area (Å²) in [6.07, 6.45) is 2.68. The first kappa shape index (κ1) is 15.2. The summed E-state index contributed by atoms with van der Waals surface area (Å²) in [5.74, 6) is -1.64. The molecular weight excluding hydrogens is 316 g/mol. The molecule has 0 radical (unpaired) electrons. The van der Waals surface area contributed by atoms with Crippen LogP contribution in [0.25, 0.3) is 23.1 Å². The molecule has 24 heavy (non-hydrogen) atoms. The summed E-state index contributed by atoms with van der Waals surface area (Å²) >= 11 is 0. The van der Waals surface area contributed by atoms with Gasteiger partial charge in [-0.15, -0.1) is 0 Å². The molecule has 1 aromatic carbocycles. The Morgan fingerprint density at radius 3 is 2.62 bits per heavy atom. The molecule has 0 spiro atoms. The number of nitrogens with one attached hydrogen (secondary N) is 1. The maximum atomic E-state index is 12.3. The number of aromatic carboxylic acids is 1. The third kappa shape index (κ3) is 2.68. The maximum absolute atomic E-state index is 12.3. The van der Waals surface area contributed by atoms with Gasteiger partial charge in [-0.25, -0.2) is 4.79 Å². The lowest BCUT2D eigenvalue weighted by molar-refractivity contribution is -0.402. The minimum absolute atomic E-state index is 0.0743. The third-order valence-corrected chi connectivity index (χ3v) is 3.36. The Morgan fingerprint density at radius 1 is 1.21 bits per heavy atom. The normalized spacial score (nSPS) is 11.2. The van der Waals surface area contributed by atoms with Crippen molar-refractivity contribution in [3.05, 3.63) is 73.8 Å². The lowest BCUT2D eigenvalue weighted by atomic mass is 10.1. The van der Waals surface area contributed by atoms with Gasteiger partial charge >= 0.3 is 11.9 Å². The van der Waals surface area contributed by atoms with E-state index in [9.17, 15) is 24.8 Å². The van der Waals surface area contributed by atoms with E-state index in [1.807, 2.05) is 0 Å². The van der Waals surface area contributed by atoms with E-state index in [-0.39, 0.29) is 16.8 Å². The first-order valence-corrected chi connectivity index (χ1v) is 6.78. The molecule has 2 aromatic heterocycles. The van der Waals surface area contributed by atoms with Crippen molar-refractivity contribution in [2.45, 2.75) is 0 Å². The predicted molar refractivity (Wildman–Crippen MR) is 85.8 cm³/mol. The van der Waals surface area contributed by atoms with Gasteiger partial charge in [0.1, 0.15) is 16.2 Å². The largest absolute Gasteiger partial charge is 0.477 e. The smallest absolute Gasteiger partial charge is 0.433 e. The Bertz CT molecular complexity index is 1040. The van der Waals surface area contributed by atoms with Crippen LogP contribution < -0.4 is 5.43 Å². The molecule has 0 saturated carbocycles. The molecular formula is C16H10N2O6. The number of hydrogen-bond acceptors (Lipinski definition) is 5. The number of aromatic amines is 1. The van der Waals surface area contributed by atoms with E-state index >= 15 is 0 Å². The predicted octanol–water partition coefficient (Wildman–Crippen LogP) is 2.90. The molecule has 0 aliphatic rings. The van der Waals surface area contributed by atoms with Crippen LogP contribution in [-0.4, -0.2) is 21.0 Å². The lowest BCUT2D eigenvalue weighted by Crippen LogP contribution is -2.18. The monoisotopic (exact) mass is 326 g/mol. The van der Waals surface area contributed by atoms with Crippen molar-refractivity contribution in [1.82, 2.24) is 4.98 Å². The summed E-state index contributed by atoms with van der Waals surface area (Å²) < 4.78 is 4.96. The van der Waals surface area contributed by atoms with Crippen LogP contribution in [0.2, 0.25) is 0 Å². The van der Waals surface area contributed by atoms with Crippen molar-refractivity contribution < 1.29 is 19.2 Å². The number of nitro groups is 1. The molecule has 0 saturated heterocycles. The van der Waals surface area contributed by atoms with Crippen LogP contribution in [0.3, 0.4) is 0 Å². The summed E-state index contributed by atoms with van der Waals surface area (Å²) in [4.78, 5) is 36.5. The average Bonchev–Trinajstić information content (AvgIpc) is 3.02. The molecule has 2 N–H and O–H groups in total. The van der Waals surface area contributed by atoms with Gasteiger partial charge in [0.25, 0.3) is 0 Å². The number of para-hydroxylation sites is 1. The van der Waals surface area contributed by atoms with Gasteiger partial charge in [-0.1, -0.05) is 12.1 Å². The van der Waals surface area contributed by atoms with E-state index in [1.54, 1.807) is 18.2 Å². The summed E-state index contributed by atoms with van der Waals surface area (Å²) in [7, 11) is 0. The first-order valence-electron chi connectivity index (χ1n) is 6.78. The van der Waals surface area contributed by atoms with Gasteiger partial charge in [0, 0.05) is 10.9 Å². The first-order chi connectivity index (χ1) is 11.5. The van der Waals surface area contributed by atoms with E-state index in [2.05, 4.69) is 4.98 Å². The van der Waals surface area contributed by atoms with Gasteiger partial charge in [-0.2, -0.15) is 0 Å². The molecule has 0 atom stereocenters. The number of carboxylic acid groups (broad SMARTS) is 1. The van der Waals surface area contributed by atoms with Crippen molar-refractivity contribution in [1.29, 1.82) is 0 Å². The molecule has 8 nitrogen and oxygen atoms in total. The molecule has 0 aliphatic heterocycles. The minimum atomic E-state index is -1.37. The van der Waals surface area contributed by atoms with Crippen LogP contribution in [0.4, 0.5) is 5.88 Å². The number of carboxylic acids is 1. The number of nitrogens with zero attached hydrogens (tertiary/aromatic N) is 1. The SMILES string of the molecule is O=C(O)c1c(/C=C/c2ccc([N+](=O)[O-])o2)[nH]c2ccccc2c1=O. The number of fused-ring (bicyclic) bond motifs is 1. The second kappa shape index (κ2) is 5.84. The zero-order valence-electron chi connectivity index (χ0n) is 12.1. The van der Waals surface area contributed by atoms with Gasteiger partial charge in [0.05, 0.1) is 11.8 Å². The molecule has 0 bridgehead atoms. The highest BCUT2D eigenvalue weighted by molar-refractivity contribution is 5.96. The standard InChI is InChI=1S/C16H10N2O6/c19-15-10-3-1-2-4-11(10)17-12(14(15)16(20)21)7-5-9-6-8-13(24-9)18(22)23/h1-8H,(H,17,19)(H,20,21)/b7-5+. The zero-order chi connectivity index (χ0) is 17.3. The van der Waals surface area contributed by atoms with Gasteiger partial charge in [-0.05, 0) is 30.4 Å². The highest BCUT2D eigenvalue weighted by Gasteiger charge is 2.17. The van der Waals surface area contributed by atoms with Crippen LogP contribution in [0.15, 0.2) is 45.6 Å². The van der Waals surface area contributed by atoms with Crippen molar-refractivity contribution in [3.63, 3.8) is 0 Å². The highest BCUT2D eigenvalue weighted by atomic mass is 16.6. The van der Waals surface area contributed by atoms with Gasteiger partial charge in [0.2, 0.25) is 5.43 Å². The number of pyridine rings is 1. The Kier molecular flexibility index (Phi) is 3.70. The van der Waals surface area contributed by atoms with Crippen molar-refractivity contribution >= 4 is 34.9 Å². The fourth-order valence-electron chi connectivity index (χ4n) is 2.29. The van der Waals surface area contributed by atoms with Crippen LogP contribution in [0.1, 0.15) is 21.8 Å². The molecule has 2 heterocycles. The topological polar surface area (TPSA) is 126 Å². The van der Waals surface area contributed by atoms with E-state index in [0.717, 1.165) is 0 Å². The second-order valence-electron chi connectivity index (χ2n) is 4.86. The van der Waals surface area contributed by atoms with E-state index in [4.69, 9.17) is 4.42 Å². The summed E-state index contributed by atoms with van der Waals surface area (Å²) in [6, 6.07) is 9.08. The Morgan fingerprint density at radius 2 is 1.96 bits per heavy atom. The van der Waals surface area contributed by atoms with Crippen LogP contribution >= 0.6 is 0 Å². The lowest BCUT2D eigenvalue weighted by Gasteiger charge is -2.04. The molecule has 0 amide bonds. The van der Waals surface area contributed by atoms with Crippen LogP contribution in [-0.2, 0) is 0 Å². The Hall–Kier alpha value is -3.68. The summed E-state index contributed by atoms with van der Waals surface area (Å²) in [5.41, 5.74) is -0.462. The van der Waals surface area contributed by atoms with Crippen LogP contribution in [0, 0.1) is 10.1 Å². The van der Waals surface area contributed by atoms with Gasteiger partial charge < -0.3 is 14.5 Å². The Balaban J connectivity index is 2.12. The number of furan rings is 1. The number of carbonyl (C=O) groups is 1. The van der Waals surface area contributed by atoms with Gasteiger partial charge in [-0.3, -0.25) is 14.9 Å². The average molecular weight is 326 g/mol. The van der Waals surface area contributed by atoms with E-state index in [0.29, 0.717) is 5.52 Å². The summed E-state index contributed by atoms with van der Waals surface area (Å²) in [6.45, 7) is 0. The molecule has 120 valence electrons. The van der Waals surface area contributed by atoms with Gasteiger partial charge in [0.15, 0.2) is 0 Å². The minimum Gasteiger partial charge on any atom is -0.477 e. The third-order valence-electron chi connectivity index (χ3n) is 3.36. The summed E-state index contributed by atoms with van der Waals surface area (Å²) in [5, 5.41) is 20.2. The van der Waals surface area contributed by atoms with Crippen molar-refractivity contribution in [3.8, 4) is 0 Å². The maximum Gasteiger partial charge on any atom is 0.433 e. The number of benzene rings is 1. The number of H-pyrrole nitrogens is 1. The fourth-order valence-corrected chi connectivity index (χ4v) is 2.29. The molecule has 0 aliphatic carbocycles. The molecule has 3 aromatic rings. The highest BCUT2D eigenvalue weighted by Crippen LogP contribution is 2.19. The number of aromatic nitrogens is 1. The number of rotatable bonds is 4. The molecule has 0 unspecified atom stereocenters. The quantitative estimate of drug-likeness (QED) is 0.560. The molecule has 3 rings (SSSR count).